The van der Waals surface area contributed by atoms with E-state index in [4.69, 9.17) is 0 Å². The third-order valence-electron chi connectivity index (χ3n) is 2.75. The number of nitrogens with one attached hydrogen (secondary N) is 1. The van der Waals surface area contributed by atoms with E-state index in [1.165, 1.54) is 4.88 Å². The first-order valence-electron chi connectivity index (χ1n) is 5.25. The van der Waals surface area contributed by atoms with E-state index >= 15 is 0 Å². The van der Waals surface area contributed by atoms with Crippen molar-refractivity contribution in [3.05, 3.63) is 16.6 Å². The molecule has 0 aliphatic carbocycles. The van der Waals surface area contributed by atoms with Gasteiger partial charge in [0.25, 0.3) is 0 Å². The highest BCUT2D eigenvalue weighted by Gasteiger charge is 2.19. The molecule has 0 spiro atoms. The van der Waals surface area contributed by atoms with Crippen LogP contribution in [0, 0.1) is 0 Å². The van der Waals surface area contributed by atoms with Crippen LogP contribution in [0.3, 0.4) is 0 Å². The highest BCUT2D eigenvalue weighted by molar-refractivity contribution is 7.85. The second-order valence-corrected chi connectivity index (χ2v) is 6.53. The first kappa shape index (κ1) is 11.2. The van der Waals surface area contributed by atoms with Gasteiger partial charge in [0, 0.05) is 45.5 Å². The van der Waals surface area contributed by atoms with Crippen molar-refractivity contribution < 1.29 is 4.21 Å². The summed E-state index contributed by atoms with van der Waals surface area (Å²) in [5, 5.41) is 3.58. The Labute approximate surface area is 96.8 Å². The molecule has 3 nitrogen and oxygen atoms in total. The van der Waals surface area contributed by atoms with Crippen molar-refractivity contribution in [2.45, 2.75) is 31.8 Å². The third-order valence-corrected chi connectivity index (χ3v) is 5.09. The van der Waals surface area contributed by atoms with Gasteiger partial charge in [-0.15, -0.1) is 11.3 Å². The van der Waals surface area contributed by atoms with Crippen LogP contribution in [0.25, 0.3) is 0 Å². The lowest BCUT2D eigenvalue weighted by atomic mass is 10.1. The molecule has 0 bridgehead atoms. The normalized spacial score (nSPS) is 28.9. The molecule has 1 aromatic rings. The predicted molar refractivity (Wildman–Crippen MR) is 64.6 cm³/mol. The van der Waals surface area contributed by atoms with Crippen molar-refractivity contribution >= 4 is 22.1 Å². The van der Waals surface area contributed by atoms with Gasteiger partial charge >= 0.3 is 0 Å². The molecule has 1 atom stereocenters. The van der Waals surface area contributed by atoms with Crippen LogP contribution in [-0.2, 0) is 10.8 Å². The van der Waals surface area contributed by atoms with Crippen molar-refractivity contribution in [2.75, 3.05) is 11.5 Å². The van der Waals surface area contributed by atoms with Gasteiger partial charge < -0.3 is 5.32 Å². The Bertz CT molecular complexity index is 316. The van der Waals surface area contributed by atoms with Crippen LogP contribution < -0.4 is 5.32 Å². The standard InChI is InChI=1S/C10H16N2OS2/c1-8(10-6-11-7-14-10)12-9-2-4-15(13)5-3-9/h6-9,12H,2-5H2,1H3. The van der Waals surface area contributed by atoms with Gasteiger partial charge in [-0.2, -0.15) is 0 Å². The zero-order chi connectivity index (χ0) is 10.7. The minimum atomic E-state index is -0.562. The number of aromatic nitrogens is 1. The molecule has 1 unspecified atom stereocenters. The molecular weight excluding hydrogens is 228 g/mol. The molecule has 15 heavy (non-hydrogen) atoms. The summed E-state index contributed by atoms with van der Waals surface area (Å²) in [5.41, 5.74) is 1.86. The number of hydrogen-bond donors (Lipinski definition) is 1. The monoisotopic (exact) mass is 244 g/mol. The summed E-state index contributed by atoms with van der Waals surface area (Å²) >= 11 is 1.69. The lowest BCUT2D eigenvalue weighted by Crippen LogP contribution is -2.36. The van der Waals surface area contributed by atoms with Crippen molar-refractivity contribution in [3.8, 4) is 0 Å². The Morgan fingerprint density at radius 2 is 2.33 bits per heavy atom. The van der Waals surface area contributed by atoms with E-state index in [0.29, 0.717) is 12.1 Å². The van der Waals surface area contributed by atoms with Crippen molar-refractivity contribution in [1.29, 1.82) is 0 Å². The molecule has 1 aliphatic heterocycles. The Balaban J connectivity index is 1.84. The SMILES string of the molecule is CC(NC1CCS(=O)CC1)c1cncs1. The molecule has 1 aromatic heterocycles. The van der Waals surface area contributed by atoms with E-state index in [-0.39, 0.29) is 0 Å². The van der Waals surface area contributed by atoms with Crippen LogP contribution >= 0.6 is 11.3 Å². The van der Waals surface area contributed by atoms with Gasteiger partial charge in [-0.25, -0.2) is 0 Å². The van der Waals surface area contributed by atoms with Gasteiger partial charge in [0.2, 0.25) is 0 Å². The molecule has 0 radical (unpaired) electrons. The zero-order valence-electron chi connectivity index (χ0n) is 8.81. The Morgan fingerprint density at radius 3 is 2.93 bits per heavy atom. The molecule has 1 aliphatic rings. The van der Waals surface area contributed by atoms with Crippen molar-refractivity contribution in [2.24, 2.45) is 0 Å². The first-order valence-corrected chi connectivity index (χ1v) is 7.62. The van der Waals surface area contributed by atoms with E-state index in [2.05, 4.69) is 17.2 Å². The highest BCUT2D eigenvalue weighted by Crippen LogP contribution is 2.19. The Kier molecular flexibility index (Phi) is 3.88. The van der Waals surface area contributed by atoms with Crippen LogP contribution in [0.2, 0.25) is 0 Å². The topological polar surface area (TPSA) is 42.0 Å². The Morgan fingerprint density at radius 1 is 1.60 bits per heavy atom. The number of thiazole rings is 1. The molecule has 0 saturated carbocycles. The largest absolute Gasteiger partial charge is 0.307 e. The molecule has 1 fully saturated rings. The van der Waals surface area contributed by atoms with E-state index < -0.39 is 10.8 Å². The molecule has 84 valence electrons. The van der Waals surface area contributed by atoms with Crippen molar-refractivity contribution in [3.63, 3.8) is 0 Å². The summed E-state index contributed by atoms with van der Waals surface area (Å²) in [4.78, 5) is 5.36. The minimum Gasteiger partial charge on any atom is -0.307 e. The fraction of sp³-hybridized carbons (Fsp3) is 0.700. The summed E-state index contributed by atoms with van der Waals surface area (Å²) in [6.07, 6.45) is 3.99. The van der Waals surface area contributed by atoms with Crippen LogP contribution in [0.1, 0.15) is 30.7 Å². The van der Waals surface area contributed by atoms with Gasteiger partial charge in [-0.3, -0.25) is 9.19 Å². The summed E-state index contributed by atoms with van der Waals surface area (Å²) < 4.78 is 11.2. The summed E-state index contributed by atoms with van der Waals surface area (Å²) in [7, 11) is -0.562. The summed E-state index contributed by atoms with van der Waals surface area (Å²) in [6, 6.07) is 0.897. The summed E-state index contributed by atoms with van der Waals surface area (Å²) in [6.45, 7) is 2.17. The van der Waals surface area contributed by atoms with Crippen LogP contribution in [0.5, 0.6) is 0 Å². The average Bonchev–Trinajstić information content (AvgIpc) is 2.74. The predicted octanol–water partition coefficient (Wildman–Crippen LogP) is 1.70. The first-order chi connectivity index (χ1) is 7.25. The fourth-order valence-corrected chi connectivity index (χ4v) is 3.77. The van der Waals surface area contributed by atoms with Gasteiger partial charge in [0.1, 0.15) is 0 Å². The minimum absolute atomic E-state index is 0.369. The molecular formula is C10H16N2OS2. The number of hydrogen-bond acceptors (Lipinski definition) is 4. The zero-order valence-corrected chi connectivity index (χ0v) is 10.4. The van der Waals surface area contributed by atoms with E-state index in [1.807, 2.05) is 11.7 Å². The van der Waals surface area contributed by atoms with Gasteiger partial charge in [0.15, 0.2) is 0 Å². The van der Waals surface area contributed by atoms with E-state index in [1.54, 1.807) is 11.3 Å². The van der Waals surface area contributed by atoms with Gasteiger partial charge in [-0.1, -0.05) is 0 Å². The highest BCUT2D eigenvalue weighted by atomic mass is 32.2. The van der Waals surface area contributed by atoms with E-state index in [0.717, 1.165) is 24.3 Å². The molecule has 0 amide bonds. The molecule has 2 rings (SSSR count). The van der Waals surface area contributed by atoms with Gasteiger partial charge in [0.05, 0.1) is 5.51 Å². The maximum absolute atomic E-state index is 11.2. The Hall–Kier alpha value is -0.260. The molecule has 2 heterocycles. The van der Waals surface area contributed by atoms with Gasteiger partial charge in [-0.05, 0) is 19.8 Å². The smallest absolute Gasteiger partial charge is 0.0794 e. The summed E-state index contributed by atoms with van der Waals surface area (Å²) in [5.74, 6) is 1.71. The van der Waals surface area contributed by atoms with Crippen LogP contribution in [0.4, 0.5) is 0 Å². The second kappa shape index (κ2) is 5.18. The van der Waals surface area contributed by atoms with Crippen molar-refractivity contribution in [1.82, 2.24) is 10.3 Å². The van der Waals surface area contributed by atoms with Crippen LogP contribution in [-0.4, -0.2) is 26.7 Å². The molecule has 5 heteroatoms. The lowest BCUT2D eigenvalue weighted by molar-refractivity contribution is 0.430. The average molecular weight is 244 g/mol. The molecule has 0 aromatic carbocycles. The van der Waals surface area contributed by atoms with Crippen LogP contribution in [0.15, 0.2) is 11.7 Å². The number of nitrogens with zero attached hydrogens (tertiary/aromatic N) is 1. The third kappa shape index (κ3) is 3.09. The maximum atomic E-state index is 11.2. The van der Waals surface area contributed by atoms with E-state index in [9.17, 15) is 4.21 Å². The fourth-order valence-electron chi connectivity index (χ4n) is 1.84. The molecule has 1 N–H and O–H groups in total. The quantitative estimate of drug-likeness (QED) is 0.880. The maximum Gasteiger partial charge on any atom is 0.0794 e. The number of rotatable bonds is 3. The second-order valence-electron chi connectivity index (χ2n) is 3.91. The lowest BCUT2D eigenvalue weighted by Gasteiger charge is -2.25. The molecule has 1 saturated heterocycles.